The summed E-state index contributed by atoms with van der Waals surface area (Å²) in [5, 5.41) is 8.46. The molecule has 2 unspecified atom stereocenters. The number of aromatic nitrogens is 1. The number of halogens is 4. The van der Waals surface area contributed by atoms with Crippen molar-refractivity contribution in [2.45, 2.75) is 37.6 Å². The number of pyridine rings is 1. The fraction of sp³-hybridized carbons (Fsp3) is 0.524. The van der Waals surface area contributed by atoms with Crippen molar-refractivity contribution in [1.29, 1.82) is 0 Å². The summed E-state index contributed by atoms with van der Waals surface area (Å²) < 4.78 is 67.8. The lowest BCUT2D eigenvalue weighted by Gasteiger charge is -2.33. The fourth-order valence-electron chi connectivity index (χ4n) is 4.66. The van der Waals surface area contributed by atoms with Gasteiger partial charge in [0.15, 0.2) is 5.75 Å². The van der Waals surface area contributed by atoms with E-state index in [0.717, 1.165) is 26.3 Å². The second-order valence-corrected chi connectivity index (χ2v) is 8.92. The highest BCUT2D eigenvalue weighted by atomic mass is 19.4. The maximum absolute atomic E-state index is 15.2. The van der Waals surface area contributed by atoms with E-state index in [-0.39, 0.29) is 30.2 Å². The summed E-state index contributed by atoms with van der Waals surface area (Å²) in [4.78, 5) is 25.4. The molecular formula is C21H23F4N3O5. The Morgan fingerprint density at radius 3 is 2.64 bits per heavy atom. The molecule has 0 radical (unpaired) electrons. The molecule has 1 aromatic carbocycles. The number of rotatable bonds is 4. The van der Waals surface area contributed by atoms with E-state index in [9.17, 15) is 22.8 Å². The van der Waals surface area contributed by atoms with Gasteiger partial charge in [-0.25, -0.2) is 9.18 Å². The number of alkyl halides is 3. The molecule has 2 fully saturated rings. The summed E-state index contributed by atoms with van der Waals surface area (Å²) in [5.41, 5.74) is 1.43. The lowest BCUT2D eigenvalue weighted by Crippen LogP contribution is -2.44. The van der Waals surface area contributed by atoms with Crippen LogP contribution in [-0.2, 0) is 10.3 Å². The normalized spacial score (nSPS) is 23.2. The standard InChI is InChI=1S/C21H23F4N3O5/c1-19(2,21(23,24)25)28-8-16(33-18(30)31)17(29)12-5-13(22)15(6-14(12)28)27-7-11-3-4-32-20(11,9-26)10-27/h5-6,8,11H,3-4,7,9-10,26H2,1-2H3,(H,30,31). The number of hydrogen-bond donors (Lipinski definition) is 2. The molecule has 12 heteroatoms. The fourth-order valence-corrected chi connectivity index (χ4v) is 4.66. The average Bonchev–Trinajstić information content (AvgIpc) is 3.26. The summed E-state index contributed by atoms with van der Waals surface area (Å²) in [6, 6.07) is 1.99. The largest absolute Gasteiger partial charge is 0.511 e. The zero-order valence-corrected chi connectivity index (χ0v) is 17.9. The van der Waals surface area contributed by atoms with Crippen LogP contribution in [0.3, 0.4) is 0 Å². The molecule has 0 aliphatic carbocycles. The highest BCUT2D eigenvalue weighted by Gasteiger charge is 2.51. The van der Waals surface area contributed by atoms with Crippen molar-refractivity contribution in [3.05, 3.63) is 34.4 Å². The molecule has 2 aliphatic heterocycles. The first-order valence-corrected chi connectivity index (χ1v) is 10.3. The molecule has 2 atom stereocenters. The number of carboxylic acid groups (broad SMARTS) is 1. The van der Waals surface area contributed by atoms with E-state index < -0.39 is 45.9 Å². The second kappa shape index (κ2) is 7.59. The van der Waals surface area contributed by atoms with Crippen LogP contribution in [0.25, 0.3) is 10.9 Å². The Morgan fingerprint density at radius 2 is 2.06 bits per heavy atom. The number of benzene rings is 1. The Bertz CT molecular complexity index is 1180. The molecule has 0 spiro atoms. The lowest BCUT2D eigenvalue weighted by atomic mass is 9.91. The topological polar surface area (TPSA) is 107 Å². The van der Waals surface area contributed by atoms with E-state index >= 15 is 4.39 Å². The molecule has 33 heavy (non-hydrogen) atoms. The highest BCUT2D eigenvalue weighted by Crippen LogP contribution is 2.43. The summed E-state index contributed by atoms with van der Waals surface area (Å²) in [6.07, 6.45) is -5.25. The van der Waals surface area contributed by atoms with Crippen LogP contribution >= 0.6 is 0 Å². The Kier molecular flexibility index (Phi) is 5.36. The molecule has 8 nitrogen and oxygen atoms in total. The summed E-state index contributed by atoms with van der Waals surface area (Å²) in [5.74, 6) is -1.65. The van der Waals surface area contributed by atoms with Crippen molar-refractivity contribution >= 4 is 22.7 Å². The third kappa shape index (κ3) is 3.61. The Hall–Kier alpha value is -2.86. The van der Waals surface area contributed by atoms with Gasteiger partial charge in [0.25, 0.3) is 0 Å². The molecule has 2 aromatic rings. The molecule has 4 rings (SSSR count). The van der Waals surface area contributed by atoms with Gasteiger partial charge in [0.1, 0.15) is 17.0 Å². The van der Waals surface area contributed by atoms with Crippen molar-refractivity contribution in [2.24, 2.45) is 11.7 Å². The zero-order chi connectivity index (χ0) is 24.3. The van der Waals surface area contributed by atoms with E-state index in [2.05, 4.69) is 4.74 Å². The molecule has 2 saturated heterocycles. The zero-order valence-electron chi connectivity index (χ0n) is 17.9. The van der Waals surface area contributed by atoms with Gasteiger partial charge >= 0.3 is 12.3 Å². The Labute approximate surface area is 185 Å². The number of ether oxygens (including phenoxy) is 2. The van der Waals surface area contributed by atoms with Crippen molar-refractivity contribution in [3.63, 3.8) is 0 Å². The minimum absolute atomic E-state index is 0.00588. The number of anilines is 1. The predicted molar refractivity (Wildman–Crippen MR) is 110 cm³/mol. The van der Waals surface area contributed by atoms with Crippen molar-refractivity contribution in [2.75, 3.05) is 31.1 Å². The van der Waals surface area contributed by atoms with Crippen LogP contribution in [-0.4, -0.2) is 53.8 Å². The Morgan fingerprint density at radius 1 is 1.36 bits per heavy atom. The van der Waals surface area contributed by atoms with Crippen molar-refractivity contribution in [1.82, 2.24) is 4.57 Å². The van der Waals surface area contributed by atoms with Gasteiger partial charge in [-0.05, 0) is 32.4 Å². The maximum atomic E-state index is 15.2. The first-order chi connectivity index (χ1) is 15.3. The van der Waals surface area contributed by atoms with Crippen LogP contribution in [0.5, 0.6) is 5.75 Å². The summed E-state index contributed by atoms with van der Waals surface area (Å²) in [6.45, 7) is 3.12. The van der Waals surface area contributed by atoms with Gasteiger partial charge < -0.3 is 29.8 Å². The molecule has 0 saturated carbocycles. The molecule has 0 bridgehead atoms. The van der Waals surface area contributed by atoms with Crippen molar-refractivity contribution in [3.8, 4) is 5.75 Å². The van der Waals surface area contributed by atoms with Crippen LogP contribution in [0, 0.1) is 11.7 Å². The lowest BCUT2D eigenvalue weighted by molar-refractivity contribution is -0.201. The quantitative estimate of drug-likeness (QED) is 0.519. The monoisotopic (exact) mass is 473 g/mol. The van der Waals surface area contributed by atoms with E-state index in [1.807, 2.05) is 0 Å². The summed E-state index contributed by atoms with van der Waals surface area (Å²) in [7, 11) is 0. The molecule has 2 aliphatic rings. The third-order valence-corrected chi connectivity index (χ3v) is 6.72. The average molecular weight is 473 g/mol. The van der Waals surface area contributed by atoms with E-state index in [1.165, 1.54) is 6.07 Å². The van der Waals surface area contributed by atoms with Crippen LogP contribution in [0.15, 0.2) is 23.1 Å². The molecule has 1 aromatic heterocycles. The SMILES string of the molecule is CC(C)(n1cc(OC(=O)O)c(=O)c2cc(F)c(N3CC4CCOC4(CN)C3)cc21)C(F)(F)F. The van der Waals surface area contributed by atoms with Crippen LogP contribution in [0.1, 0.15) is 20.3 Å². The van der Waals surface area contributed by atoms with Crippen molar-refractivity contribution < 1.29 is 36.9 Å². The van der Waals surface area contributed by atoms with Gasteiger partial charge in [-0.1, -0.05) is 0 Å². The van der Waals surface area contributed by atoms with E-state index in [0.29, 0.717) is 23.9 Å². The molecule has 0 amide bonds. The van der Waals surface area contributed by atoms with Gasteiger partial charge in [0, 0.05) is 32.2 Å². The molecular weight excluding hydrogens is 450 g/mol. The molecule has 180 valence electrons. The molecule has 3 heterocycles. The van der Waals surface area contributed by atoms with Gasteiger partial charge in [-0.2, -0.15) is 13.2 Å². The number of fused-ring (bicyclic) bond motifs is 2. The van der Waals surface area contributed by atoms with Gasteiger partial charge in [0.05, 0.1) is 22.8 Å². The first kappa shape index (κ1) is 23.3. The van der Waals surface area contributed by atoms with E-state index in [1.54, 1.807) is 4.90 Å². The number of nitrogens with two attached hydrogens (primary N) is 1. The minimum atomic E-state index is -4.79. The van der Waals surface area contributed by atoms with Gasteiger partial charge in [-0.15, -0.1) is 0 Å². The summed E-state index contributed by atoms with van der Waals surface area (Å²) >= 11 is 0. The van der Waals surface area contributed by atoms with Crippen LogP contribution < -0.4 is 20.8 Å². The number of carbonyl (C=O) groups is 1. The smallest absolute Gasteiger partial charge is 0.449 e. The van der Waals surface area contributed by atoms with Gasteiger partial charge in [-0.3, -0.25) is 4.79 Å². The first-order valence-electron chi connectivity index (χ1n) is 10.3. The highest BCUT2D eigenvalue weighted by molar-refractivity contribution is 5.85. The maximum Gasteiger partial charge on any atom is 0.511 e. The Balaban J connectivity index is 1.93. The van der Waals surface area contributed by atoms with Crippen LogP contribution in [0.4, 0.5) is 28.0 Å². The third-order valence-electron chi connectivity index (χ3n) is 6.72. The predicted octanol–water partition coefficient (Wildman–Crippen LogP) is 3.05. The molecule has 3 N–H and O–H groups in total. The number of hydrogen-bond acceptors (Lipinski definition) is 6. The van der Waals surface area contributed by atoms with Crippen LogP contribution in [0.2, 0.25) is 0 Å². The van der Waals surface area contributed by atoms with Gasteiger partial charge in [0.2, 0.25) is 5.43 Å². The second-order valence-electron chi connectivity index (χ2n) is 8.92. The number of nitrogens with zero attached hydrogens (tertiary/aromatic N) is 2. The van der Waals surface area contributed by atoms with E-state index in [4.69, 9.17) is 15.6 Å². The minimum Gasteiger partial charge on any atom is -0.449 e.